The van der Waals surface area contributed by atoms with Crippen LogP contribution in [0.25, 0.3) is 0 Å². The smallest absolute Gasteiger partial charge is 0.252 e. The van der Waals surface area contributed by atoms with Crippen LogP contribution in [0, 0.1) is 11.8 Å². The predicted molar refractivity (Wildman–Crippen MR) is 106 cm³/mol. The molecule has 28 heavy (non-hydrogen) atoms. The average Bonchev–Trinajstić information content (AvgIpc) is 3.21. The fourth-order valence-electron chi connectivity index (χ4n) is 6.14. The van der Waals surface area contributed by atoms with E-state index in [0.29, 0.717) is 25.0 Å². The van der Waals surface area contributed by atoms with E-state index < -0.39 is 0 Å². The highest BCUT2D eigenvalue weighted by Gasteiger charge is 2.48. The molecule has 3 heterocycles. The third kappa shape index (κ3) is 3.81. The third-order valence-corrected chi connectivity index (χ3v) is 7.52. The number of rotatable bonds is 2. The highest BCUT2D eigenvalue weighted by molar-refractivity contribution is 5.82. The number of nitrogens with zero attached hydrogens (tertiary/aromatic N) is 2. The van der Waals surface area contributed by atoms with Crippen molar-refractivity contribution in [2.45, 2.75) is 89.2 Å². The number of fused-ring (bicyclic) bond motifs is 1. The van der Waals surface area contributed by atoms with Gasteiger partial charge in [-0.2, -0.15) is 0 Å². The van der Waals surface area contributed by atoms with Crippen molar-refractivity contribution in [3.63, 3.8) is 0 Å². The number of hydrogen-bond donors (Lipinski definition) is 2. The summed E-state index contributed by atoms with van der Waals surface area (Å²) in [5.41, 5.74) is 6.01. The van der Waals surface area contributed by atoms with E-state index in [1.165, 1.54) is 0 Å². The van der Waals surface area contributed by atoms with Crippen LogP contribution < -0.4 is 11.1 Å². The fraction of sp³-hybridized carbons (Fsp3) is 0.905. The summed E-state index contributed by atoms with van der Waals surface area (Å²) in [6.07, 6.45) is 6.89. The van der Waals surface area contributed by atoms with Crippen LogP contribution in [0.1, 0.15) is 58.8 Å². The molecule has 0 spiro atoms. The van der Waals surface area contributed by atoms with Crippen molar-refractivity contribution in [3.8, 4) is 0 Å². The van der Waals surface area contributed by atoms with Crippen LogP contribution in [0.5, 0.6) is 0 Å². The summed E-state index contributed by atoms with van der Waals surface area (Å²) in [7, 11) is 0. The lowest BCUT2D eigenvalue weighted by molar-refractivity contribution is -0.160. The van der Waals surface area contributed by atoms with Crippen LogP contribution in [-0.4, -0.2) is 71.7 Å². The number of carbonyl (C=O) groups is 2. The molecule has 0 aromatic rings. The minimum absolute atomic E-state index is 0.0648. The van der Waals surface area contributed by atoms with E-state index in [-0.39, 0.29) is 42.2 Å². The van der Waals surface area contributed by atoms with Crippen molar-refractivity contribution < 1.29 is 14.3 Å². The van der Waals surface area contributed by atoms with Gasteiger partial charge in [0.25, 0.3) is 5.91 Å². The zero-order chi connectivity index (χ0) is 19.8. The molecule has 0 aromatic carbocycles. The van der Waals surface area contributed by atoms with Crippen molar-refractivity contribution in [1.82, 2.24) is 15.1 Å². The van der Waals surface area contributed by atoms with Crippen LogP contribution in [-0.2, 0) is 14.3 Å². The standard InChI is InChI=1S/C21H36N4O3/c1-13-12-24(21(27)19-4-3-9-28-19)18-10-15(16-6-8-20(22)23-11-16)5-7-17(18)25(13)14(2)26/h13,15-20,23H,3-12,22H2,1-2H3. The monoisotopic (exact) mass is 392 g/mol. The van der Waals surface area contributed by atoms with Crippen LogP contribution >= 0.6 is 0 Å². The SMILES string of the molecule is CC(=O)N1C(C)CN(C(=O)C2CCCO2)C2CC(C3CCC(N)NC3)CCC21. The number of hydrogen-bond acceptors (Lipinski definition) is 5. The van der Waals surface area contributed by atoms with E-state index in [1.807, 2.05) is 0 Å². The molecule has 3 N–H and O–H groups in total. The third-order valence-electron chi connectivity index (χ3n) is 7.52. The maximum absolute atomic E-state index is 13.3. The van der Waals surface area contributed by atoms with Gasteiger partial charge in [-0.05, 0) is 70.3 Å². The van der Waals surface area contributed by atoms with E-state index in [0.717, 1.165) is 51.5 Å². The number of nitrogens with one attached hydrogen (secondary N) is 1. The summed E-state index contributed by atoms with van der Waals surface area (Å²) in [6, 6.07) is 0.322. The van der Waals surface area contributed by atoms with Crippen LogP contribution in [0.4, 0.5) is 0 Å². The molecule has 3 saturated heterocycles. The minimum Gasteiger partial charge on any atom is -0.368 e. The molecule has 4 rings (SSSR count). The largest absolute Gasteiger partial charge is 0.368 e. The number of piperidine rings is 1. The second-order valence-corrected chi connectivity index (χ2v) is 9.33. The lowest BCUT2D eigenvalue weighted by Gasteiger charge is -2.55. The maximum Gasteiger partial charge on any atom is 0.252 e. The summed E-state index contributed by atoms with van der Waals surface area (Å²) in [5, 5.41) is 3.43. The summed E-state index contributed by atoms with van der Waals surface area (Å²) in [4.78, 5) is 29.8. The lowest BCUT2D eigenvalue weighted by atomic mass is 9.71. The average molecular weight is 393 g/mol. The van der Waals surface area contributed by atoms with Gasteiger partial charge in [0.2, 0.25) is 5.91 Å². The summed E-state index contributed by atoms with van der Waals surface area (Å²) >= 11 is 0. The molecular weight excluding hydrogens is 356 g/mol. The Bertz CT molecular complexity index is 586. The van der Waals surface area contributed by atoms with Crippen LogP contribution in [0.2, 0.25) is 0 Å². The molecule has 158 valence electrons. The Labute approximate surface area is 168 Å². The maximum atomic E-state index is 13.3. The molecule has 7 atom stereocenters. The molecule has 4 fully saturated rings. The van der Waals surface area contributed by atoms with E-state index in [4.69, 9.17) is 10.5 Å². The van der Waals surface area contributed by atoms with Gasteiger partial charge in [-0.15, -0.1) is 0 Å². The molecule has 7 nitrogen and oxygen atoms in total. The van der Waals surface area contributed by atoms with Gasteiger partial charge < -0.3 is 25.6 Å². The Kier molecular flexibility index (Phi) is 5.95. The highest BCUT2D eigenvalue weighted by atomic mass is 16.5. The van der Waals surface area contributed by atoms with E-state index in [9.17, 15) is 9.59 Å². The molecule has 1 saturated carbocycles. The first-order chi connectivity index (χ1) is 13.5. The van der Waals surface area contributed by atoms with Gasteiger partial charge >= 0.3 is 0 Å². The number of piperazine rings is 1. The molecule has 1 aliphatic carbocycles. The van der Waals surface area contributed by atoms with Crippen molar-refractivity contribution in [2.24, 2.45) is 17.6 Å². The van der Waals surface area contributed by atoms with Crippen molar-refractivity contribution in [1.29, 1.82) is 0 Å². The van der Waals surface area contributed by atoms with Gasteiger partial charge in [-0.25, -0.2) is 0 Å². The summed E-state index contributed by atoms with van der Waals surface area (Å²) in [5.74, 6) is 1.48. The Morgan fingerprint density at radius 2 is 1.86 bits per heavy atom. The van der Waals surface area contributed by atoms with Gasteiger partial charge in [-0.3, -0.25) is 9.59 Å². The quantitative estimate of drug-likeness (QED) is 0.734. The van der Waals surface area contributed by atoms with Gasteiger partial charge in [0.1, 0.15) is 6.10 Å². The van der Waals surface area contributed by atoms with Crippen molar-refractivity contribution in [2.75, 3.05) is 19.7 Å². The van der Waals surface area contributed by atoms with Gasteiger partial charge in [-0.1, -0.05) is 0 Å². The molecule has 0 radical (unpaired) electrons. The van der Waals surface area contributed by atoms with Gasteiger partial charge in [0.15, 0.2) is 0 Å². The van der Waals surface area contributed by atoms with Crippen LogP contribution in [0.3, 0.4) is 0 Å². The van der Waals surface area contributed by atoms with E-state index in [2.05, 4.69) is 22.0 Å². The molecular formula is C21H36N4O3. The fourth-order valence-corrected chi connectivity index (χ4v) is 6.14. The molecule has 3 aliphatic heterocycles. The first kappa shape index (κ1) is 20.1. The molecule has 4 aliphatic rings. The second kappa shape index (κ2) is 8.28. The summed E-state index contributed by atoms with van der Waals surface area (Å²) in [6.45, 7) is 6.02. The molecule has 0 bridgehead atoms. The van der Waals surface area contributed by atoms with E-state index >= 15 is 0 Å². The number of amides is 2. The predicted octanol–water partition coefficient (Wildman–Crippen LogP) is 1.07. The summed E-state index contributed by atoms with van der Waals surface area (Å²) < 4.78 is 5.72. The first-order valence-corrected chi connectivity index (χ1v) is 11.2. The normalized spacial score (nSPS) is 41.6. The van der Waals surface area contributed by atoms with Crippen molar-refractivity contribution in [3.05, 3.63) is 0 Å². The minimum atomic E-state index is -0.286. The second-order valence-electron chi connectivity index (χ2n) is 9.33. The number of nitrogens with two attached hydrogens (primary N) is 1. The Morgan fingerprint density at radius 1 is 1.07 bits per heavy atom. The Hall–Kier alpha value is -1.18. The Morgan fingerprint density at radius 3 is 2.50 bits per heavy atom. The zero-order valence-electron chi connectivity index (χ0n) is 17.3. The van der Waals surface area contributed by atoms with Gasteiger partial charge in [0, 0.05) is 26.1 Å². The Balaban J connectivity index is 1.53. The van der Waals surface area contributed by atoms with Crippen LogP contribution in [0.15, 0.2) is 0 Å². The molecule has 7 heteroatoms. The van der Waals surface area contributed by atoms with E-state index in [1.54, 1.807) is 6.92 Å². The molecule has 2 amide bonds. The topological polar surface area (TPSA) is 87.9 Å². The van der Waals surface area contributed by atoms with Gasteiger partial charge in [0.05, 0.1) is 18.2 Å². The number of carbonyl (C=O) groups excluding carboxylic acids is 2. The lowest BCUT2D eigenvalue weighted by Crippen LogP contribution is -2.68. The van der Waals surface area contributed by atoms with Crippen molar-refractivity contribution >= 4 is 11.8 Å². The molecule has 0 aromatic heterocycles. The zero-order valence-corrected chi connectivity index (χ0v) is 17.3. The first-order valence-electron chi connectivity index (χ1n) is 11.2. The number of ether oxygens (including phenoxy) is 1. The highest BCUT2D eigenvalue weighted by Crippen LogP contribution is 2.40. The molecule has 7 unspecified atom stereocenters.